The van der Waals surface area contributed by atoms with Crippen LogP contribution in [0.2, 0.25) is 0 Å². The third kappa shape index (κ3) is 1.59. The molecule has 0 spiro atoms. The number of hydrogen-bond acceptors (Lipinski definition) is 3. The van der Waals surface area contributed by atoms with Crippen molar-refractivity contribution in [1.82, 2.24) is 14.5 Å². The van der Waals surface area contributed by atoms with Crippen molar-refractivity contribution in [3.63, 3.8) is 0 Å². The first kappa shape index (κ1) is 10.7. The fraction of sp³-hybridized carbons (Fsp3) is 0.0714. The van der Waals surface area contributed by atoms with E-state index in [1.807, 2.05) is 35.0 Å². The van der Waals surface area contributed by atoms with Crippen molar-refractivity contribution in [2.45, 2.75) is 6.92 Å². The van der Waals surface area contributed by atoms with Crippen LogP contribution in [0.1, 0.15) is 17.3 Å². The molecule has 4 heteroatoms. The zero-order valence-electron chi connectivity index (χ0n) is 9.87. The normalized spacial score (nSPS) is 10.7. The lowest BCUT2D eigenvalue weighted by Gasteiger charge is -2.02. The van der Waals surface area contributed by atoms with Crippen LogP contribution in [-0.4, -0.2) is 20.3 Å². The van der Waals surface area contributed by atoms with Crippen molar-refractivity contribution in [2.24, 2.45) is 0 Å². The number of para-hydroxylation sites is 1. The van der Waals surface area contributed by atoms with Gasteiger partial charge in [-0.3, -0.25) is 4.79 Å². The standard InChI is InChI=1S/C14H11N3O/c1-10(18)13-8-17(11-6-15-9-16-7-11)14-5-3-2-4-12(13)14/h2-9H,1H3. The number of ketones is 1. The molecule has 0 bridgehead atoms. The number of benzene rings is 1. The third-order valence-electron chi connectivity index (χ3n) is 2.92. The second kappa shape index (κ2) is 4.07. The molecule has 2 aromatic heterocycles. The number of carbonyl (C=O) groups excluding carboxylic acids is 1. The lowest BCUT2D eigenvalue weighted by molar-refractivity contribution is 0.101. The van der Waals surface area contributed by atoms with E-state index in [0.717, 1.165) is 22.2 Å². The Kier molecular flexibility index (Phi) is 2.41. The molecular formula is C14H11N3O. The van der Waals surface area contributed by atoms with E-state index < -0.39 is 0 Å². The summed E-state index contributed by atoms with van der Waals surface area (Å²) in [4.78, 5) is 19.7. The highest BCUT2D eigenvalue weighted by Crippen LogP contribution is 2.24. The molecule has 0 aliphatic carbocycles. The minimum atomic E-state index is 0.0572. The summed E-state index contributed by atoms with van der Waals surface area (Å²) in [6, 6.07) is 7.81. The van der Waals surface area contributed by atoms with Gasteiger partial charge in [0.1, 0.15) is 6.33 Å². The Morgan fingerprint density at radius 2 is 1.89 bits per heavy atom. The number of Topliss-reactive ketones (excluding diaryl/α,β-unsaturated/α-hetero) is 1. The Labute approximate surface area is 104 Å². The van der Waals surface area contributed by atoms with E-state index in [9.17, 15) is 4.79 Å². The van der Waals surface area contributed by atoms with Gasteiger partial charge in [-0.25, -0.2) is 9.97 Å². The van der Waals surface area contributed by atoms with Crippen molar-refractivity contribution in [3.05, 3.63) is 54.7 Å². The molecule has 0 atom stereocenters. The predicted molar refractivity (Wildman–Crippen MR) is 68.9 cm³/mol. The van der Waals surface area contributed by atoms with Gasteiger partial charge >= 0.3 is 0 Å². The number of rotatable bonds is 2. The Bertz CT molecular complexity index is 716. The highest BCUT2D eigenvalue weighted by molar-refractivity contribution is 6.07. The van der Waals surface area contributed by atoms with Crippen LogP contribution in [0.3, 0.4) is 0 Å². The average molecular weight is 237 g/mol. The Morgan fingerprint density at radius 3 is 2.61 bits per heavy atom. The van der Waals surface area contributed by atoms with Gasteiger partial charge in [0.05, 0.1) is 23.6 Å². The summed E-state index contributed by atoms with van der Waals surface area (Å²) in [5, 5.41) is 0.953. The second-order valence-corrected chi connectivity index (χ2v) is 4.08. The Morgan fingerprint density at radius 1 is 1.17 bits per heavy atom. The molecule has 1 aromatic carbocycles. The quantitative estimate of drug-likeness (QED) is 0.644. The zero-order chi connectivity index (χ0) is 12.5. The van der Waals surface area contributed by atoms with Crippen LogP contribution in [-0.2, 0) is 0 Å². The maximum absolute atomic E-state index is 11.7. The fourth-order valence-electron chi connectivity index (χ4n) is 2.09. The van der Waals surface area contributed by atoms with Crippen LogP contribution >= 0.6 is 0 Å². The van der Waals surface area contributed by atoms with Crippen LogP contribution in [0.4, 0.5) is 0 Å². The second-order valence-electron chi connectivity index (χ2n) is 4.08. The molecule has 0 radical (unpaired) electrons. The van der Waals surface area contributed by atoms with E-state index in [-0.39, 0.29) is 5.78 Å². The number of carbonyl (C=O) groups is 1. The van der Waals surface area contributed by atoms with Gasteiger partial charge in [-0.05, 0) is 13.0 Å². The molecule has 2 heterocycles. The molecule has 0 aliphatic heterocycles. The van der Waals surface area contributed by atoms with Crippen molar-refractivity contribution in [3.8, 4) is 5.69 Å². The zero-order valence-corrected chi connectivity index (χ0v) is 9.87. The van der Waals surface area contributed by atoms with Gasteiger partial charge in [0.25, 0.3) is 0 Å². The highest BCUT2D eigenvalue weighted by Gasteiger charge is 2.12. The van der Waals surface area contributed by atoms with E-state index in [0.29, 0.717) is 0 Å². The largest absolute Gasteiger partial charge is 0.313 e. The van der Waals surface area contributed by atoms with Gasteiger partial charge in [0.15, 0.2) is 5.78 Å². The van der Waals surface area contributed by atoms with Gasteiger partial charge in [-0.2, -0.15) is 0 Å². The molecule has 0 saturated heterocycles. The van der Waals surface area contributed by atoms with Crippen LogP contribution < -0.4 is 0 Å². The first-order valence-corrected chi connectivity index (χ1v) is 5.64. The van der Waals surface area contributed by atoms with Crippen LogP contribution in [0.25, 0.3) is 16.6 Å². The van der Waals surface area contributed by atoms with E-state index in [1.165, 1.54) is 6.33 Å². The third-order valence-corrected chi connectivity index (χ3v) is 2.92. The van der Waals surface area contributed by atoms with Crippen molar-refractivity contribution in [1.29, 1.82) is 0 Å². The maximum atomic E-state index is 11.7. The van der Waals surface area contributed by atoms with Crippen LogP contribution in [0.5, 0.6) is 0 Å². The van der Waals surface area contributed by atoms with E-state index in [2.05, 4.69) is 9.97 Å². The molecule has 0 unspecified atom stereocenters. The summed E-state index contributed by atoms with van der Waals surface area (Å²) in [7, 11) is 0. The average Bonchev–Trinajstić information content (AvgIpc) is 2.79. The number of aromatic nitrogens is 3. The fourth-order valence-corrected chi connectivity index (χ4v) is 2.09. The van der Waals surface area contributed by atoms with Crippen LogP contribution in [0, 0.1) is 0 Å². The first-order valence-electron chi connectivity index (χ1n) is 5.64. The van der Waals surface area contributed by atoms with E-state index in [4.69, 9.17) is 0 Å². The van der Waals surface area contributed by atoms with E-state index >= 15 is 0 Å². The number of nitrogens with zero attached hydrogens (tertiary/aromatic N) is 3. The van der Waals surface area contributed by atoms with Crippen molar-refractivity contribution < 1.29 is 4.79 Å². The van der Waals surface area contributed by atoms with Crippen LogP contribution in [0.15, 0.2) is 49.2 Å². The van der Waals surface area contributed by atoms with Gasteiger partial charge < -0.3 is 4.57 Å². The van der Waals surface area contributed by atoms with Gasteiger partial charge in [0.2, 0.25) is 0 Å². The first-order chi connectivity index (χ1) is 8.77. The van der Waals surface area contributed by atoms with Gasteiger partial charge in [0, 0.05) is 17.1 Å². The summed E-state index contributed by atoms with van der Waals surface area (Å²) in [5.41, 5.74) is 2.55. The van der Waals surface area contributed by atoms with E-state index in [1.54, 1.807) is 19.3 Å². The highest BCUT2D eigenvalue weighted by atomic mass is 16.1. The molecule has 0 N–H and O–H groups in total. The molecule has 4 nitrogen and oxygen atoms in total. The predicted octanol–water partition coefficient (Wildman–Crippen LogP) is 2.62. The molecule has 3 aromatic rings. The summed E-state index contributed by atoms with van der Waals surface area (Å²) in [6.07, 6.45) is 6.78. The number of hydrogen-bond donors (Lipinski definition) is 0. The summed E-state index contributed by atoms with van der Waals surface area (Å²) >= 11 is 0. The smallest absolute Gasteiger partial charge is 0.161 e. The monoisotopic (exact) mass is 237 g/mol. The molecule has 88 valence electrons. The SMILES string of the molecule is CC(=O)c1cn(-c2cncnc2)c2ccccc12. The van der Waals surface area contributed by atoms with Gasteiger partial charge in [-0.15, -0.1) is 0 Å². The molecule has 18 heavy (non-hydrogen) atoms. The Hall–Kier alpha value is -2.49. The summed E-state index contributed by atoms with van der Waals surface area (Å²) in [6.45, 7) is 1.58. The molecular weight excluding hydrogens is 226 g/mol. The molecule has 0 aliphatic rings. The lowest BCUT2D eigenvalue weighted by atomic mass is 10.1. The molecule has 3 rings (SSSR count). The lowest BCUT2D eigenvalue weighted by Crippen LogP contribution is -1.94. The number of fused-ring (bicyclic) bond motifs is 1. The minimum Gasteiger partial charge on any atom is -0.313 e. The minimum absolute atomic E-state index is 0.0572. The molecule has 0 amide bonds. The topological polar surface area (TPSA) is 47.8 Å². The Balaban J connectivity index is 2.34. The summed E-state index contributed by atoms with van der Waals surface area (Å²) in [5.74, 6) is 0.0572. The molecule has 0 saturated carbocycles. The van der Waals surface area contributed by atoms with Crippen molar-refractivity contribution >= 4 is 16.7 Å². The summed E-state index contributed by atoms with van der Waals surface area (Å²) < 4.78 is 1.94. The maximum Gasteiger partial charge on any atom is 0.161 e. The van der Waals surface area contributed by atoms with Gasteiger partial charge in [-0.1, -0.05) is 18.2 Å². The molecule has 0 fully saturated rings. The van der Waals surface area contributed by atoms with Crippen molar-refractivity contribution in [2.75, 3.05) is 0 Å².